The summed E-state index contributed by atoms with van der Waals surface area (Å²) in [6, 6.07) is 11.9. The Labute approximate surface area is 195 Å². The minimum atomic E-state index is -0.544. The molecule has 1 saturated heterocycles. The van der Waals surface area contributed by atoms with Gasteiger partial charge in [0.2, 0.25) is 5.91 Å². The smallest absolute Gasteiger partial charge is 0.261 e. The van der Waals surface area contributed by atoms with Gasteiger partial charge in [0.15, 0.2) is 6.61 Å². The molecular weight excluding hydrogens is 420 g/mol. The summed E-state index contributed by atoms with van der Waals surface area (Å²) in [5.74, 6) is 0.927. The molecular formula is C26H32N2O5. The van der Waals surface area contributed by atoms with Gasteiger partial charge in [0, 0.05) is 18.7 Å². The summed E-state index contributed by atoms with van der Waals surface area (Å²) in [6.07, 6.45) is 4.05. The van der Waals surface area contributed by atoms with Crippen LogP contribution >= 0.6 is 0 Å². The summed E-state index contributed by atoms with van der Waals surface area (Å²) >= 11 is 0. The summed E-state index contributed by atoms with van der Waals surface area (Å²) in [7, 11) is 0. The molecule has 0 spiro atoms. The van der Waals surface area contributed by atoms with Crippen LogP contribution in [-0.4, -0.2) is 48.8 Å². The van der Waals surface area contributed by atoms with Crippen LogP contribution in [0.1, 0.15) is 54.1 Å². The number of nitrogens with one attached hydrogen (secondary N) is 1. The van der Waals surface area contributed by atoms with Crippen LogP contribution in [0.15, 0.2) is 42.5 Å². The van der Waals surface area contributed by atoms with E-state index in [-0.39, 0.29) is 18.4 Å². The van der Waals surface area contributed by atoms with Gasteiger partial charge >= 0.3 is 0 Å². The number of aryl methyl sites for hydroxylation is 1. The van der Waals surface area contributed by atoms with Crippen LogP contribution in [0, 0.1) is 6.92 Å². The second-order valence-corrected chi connectivity index (χ2v) is 8.25. The van der Waals surface area contributed by atoms with E-state index in [0.29, 0.717) is 37.4 Å². The van der Waals surface area contributed by atoms with Crippen molar-refractivity contribution in [2.75, 3.05) is 19.8 Å². The van der Waals surface area contributed by atoms with Gasteiger partial charge in [0.05, 0.1) is 6.61 Å². The molecule has 176 valence electrons. The minimum absolute atomic E-state index is 0.129. The highest BCUT2D eigenvalue weighted by Crippen LogP contribution is 2.23. The van der Waals surface area contributed by atoms with Crippen molar-refractivity contribution in [3.8, 4) is 11.5 Å². The van der Waals surface area contributed by atoms with E-state index in [1.807, 2.05) is 25.1 Å². The average Bonchev–Trinajstić information content (AvgIpc) is 3.05. The molecule has 1 heterocycles. The second-order valence-electron chi connectivity index (χ2n) is 8.25. The number of rotatable bonds is 10. The lowest BCUT2D eigenvalue weighted by molar-refractivity contribution is -0.142. The third kappa shape index (κ3) is 6.81. The molecule has 0 aromatic heterocycles. The fraction of sp³-hybridized carbons (Fsp3) is 0.423. The van der Waals surface area contributed by atoms with Crippen molar-refractivity contribution in [1.82, 2.24) is 10.2 Å². The van der Waals surface area contributed by atoms with E-state index in [1.54, 1.807) is 29.2 Å². The van der Waals surface area contributed by atoms with Crippen molar-refractivity contribution in [2.45, 2.75) is 52.1 Å². The molecule has 0 saturated carbocycles. The van der Waals surface area contributed by atoms with E-state index in [9.17, 15) is 14.4 Å². The molecule has 1 fully saturated rings. The summed E-state index contributed by atoms with van der Waals surface area (Å²) in [6.45, 7) is 5.42. The van der Waals surface area contributed by atoms with Crippen LogP contribution in [0.2, 0.25) is 0 Å². The average molecular weight is 453 g/mol. The summed E-state index contributed by atoms with van der Waals surface area (Å²) in [4.78, 5) is 38.4. The fourth-order valence-corrected chi connectivity index (χ4v) is 3.84. The highest BCUT2D eigenvalue weighted by atomic mass is 16.5. The molecule has 1 N–H and O–H groups in total. The maximum Gasteiger partial charge on any atom is 0.261 e. The van der Waals surface area contributed by atoms with Gasteiger partial charge < -0.3 is 19.7 Å². The Hall–Kier alpha value is -3.35. The number of hydrogen-bond acceptors (Lipinski definition) is 5. The van der Waals surface area contributed by atoms with E-state index >= 15 is 0 Å². The van der Waals surface area contributed by atoms with Gasteiger partial charge in [-0.15, -0.1) is 0 Å². The van der Waals surface area contributed by atoms with Gasteiger partial charge in [0.25, 0.3) is 5.91 Å². The van der Waals surface area contributed by atoms with Crippen LogP contribution in [-0.2, 0) is 16.1 Å². The first kappa shape index (κ1) is 24.3. The Bertz CT molecular complexity index is 958. The van der Waals surface area contributed by atoms with Crippen LogP contribution in [0.5, 0.6) is 11.5 Å². The molecule has 0 bridgehead atoms. The molecule has 7 nitrogen and oxygen atoms in total. The number of hydrogen-bond donors (Lipinski definition) is 1. The molecule has 2 aromatic rings. The zero-order valence-corrected chi connectivity index (χ0v) is 19.3. The Kier molecular flexibility index (Phi) is 8.87. The number of ether oxygens (including phenoxy) is 2. The summed E-state index contributed by atoms with van der Waals surface area (Å²) in [5, 5.41) is 2.92. The lowest BCUT2D eigenvalue weighted by Crippen LogP contribution is -2.49. The zero-order chi connectivity index (χ0) is 23.6. The Morgan fingerprint density at radius 1 is 1.15 bits per heavy atom. The second kappa shape index (κ2) is 12.0. The Morgan fingerprint density at radius 3 is 2.64 bits per heavy atom. The molecule has 7 heteroatoms. The van der Waals surface area contributed by atoms with Crippen molar-refractivity contribution < 1.29 is 23.9 Å². The highest BCUT2D eigenvalue weighted by Gasteiger charge is 2.31. The summed E-state index contributed by atoms with van der Waals surface area (Å²) < 4.78 is 11.4. The van der Waals surface area contributed by atoms with Gasteiger partial charge in [-0.05, 0) is 74.1 Å². The predicted octanol–water partition coefficient (Wildman–Crippen LogP) is 3.67. The molecule has 3 rings (SSSR count). The van der Waals surface area contributed by atoms with Gasteiger partial charge in [0.1, 0.15) is 23.8 Å². The van der Waals surface area contributed by atoms with Crippen molar-refractivity contribution in [3.05, 3.63) is 59.2 Å². The molecule has 1 atom stereocenters. The first-order valence-corrected chi connectivity index (χ1v) is 11.5. The van der Waals surface area contributed by atoms with Gasteiger partial charge in [-0.25, -0.2) is 0 Å². The van der Waals surface area contributed by atoms with Crippen LogP contribution in [0.3, 0.4) is 0 Å². The van der Waals surface area contributed by atoms with E-state index in [4.69, 9.17) is 9.47 Å². The van der Waals surface area contributed by atoms with E-state index in [2.05, 4.69) is 12.2 Å². The van der Waals surface area contributed by atoms with Crippen LogP contribution in [0.4, 0.5) is 0 Å². The zero-order valence-electron chi connectivity index (χ0n) is 19.3. The standard InChI is InChI=1S/C26H32N2O5/c1-3-14-32-24-12-9-21(15-19(24)2)16-28(23-6-4-5-13-27-26(23)31)25(30)18-33-22-10-7-20(17-29)8-11-22/h7-12,15,17,23H,3-6,13-14,16,18H2,1-2H3,(H,27,31)/t23-/m0/s1. The molecule has 2 aromatic carbocycles. The molecule has 0 unspecified atom stereocenters. The molecule has 2 amide bonds. The van der Waals surface area contributed by atoms with Crippen LogP contribution in [0.25, 0.3) is 0 Å². The number of benzene rings is 2. The molecule has 0 radical (unpaired) electrons. The van der Waals surface area contributed by atoms with Gasteiger partial charge in [-0.3, -0.25) is 14.4 Å². The third-order valence-electron chi connectivity index (χ3n) is 5.64. The van der Waals surface area contributed by atoms with Crippen molar-refractivity contribution >= 4 is 18.1 Å². The number of amides is 2. The summed E-state index contributed by atoms with van der Waals surface area (Å²) in [5.41, 5.74) is 2.45. The number of carbonyl (C=O) groups excluding carboxylic acids is 3. The lowest BCUT2D eigenvalue weighted by atomic mass is 10.1. The Morgan fingerprint density at radius 2 is 1.94 bits per heavy atom. The fourth-order valence-electron chi connectivity index (χ4n) is 3.84. The van der Waals surface area contributed by atoms with Crippen molar-refractivity contribution in [2.24, 2.45) is 0 Å². The molecule has 1 aliphatic rings. The lowest BCUT2D eigenvalue weighted by Gasteiger charge is -2.30. The minimum Gasteiger partial charge on any atom is -0.493 e. The normalized spacial score (nSPS) is 15.8. The number of aldehydes is 1. The molecule has 1 aliphatic heterocycles. The first-order valence-electron chi connectivity index (χ1n) is 11.5. The van der Waals surface area contributed by atoms with Crippen molar-refractivity contribution in [1.29, 1.82) is 0 Å². The van der Waals surface area contributed by atoms with E-state index in [0.717, 1.165) is 42.4 Å². The van der Waals surface area contributed by atoms with Gasteiger partial charge in [-0.1, -0.05) is 19.1 Å². The first-order chi connectivity index (χ1) is 16.0. The SMILES string of the molecule is CCCOc1ccc(CN(C(=O)COc2ccc(C=O)cc2)[C@H]2CCCCNC2=O)cc1C. The maximum atomic E-state index is 13.2. The van der Waals surface area contributed by atoms with Crippen molar-refractivity contribution in [3.63, 3.8) is 0 Å². The molecule has 33 heavy (non-hydrogen) atoms. The maximum absolute atomic E-state index is 13.2. The predicted molar refractivity (Wildman–Crippen MR) is 125 cm³/mol. The van der Waals surface area contributed by atoms with E-state index in [1.165, 1.54) is 0 Å². The Balaban J connectivity index is 1.76. The topological polar surface area (TPSA) is 84.9 Å². The van der Waals surface area contributed by atoms with Gasteiger partial charge in [-0.2, -0.15) is 0 Å². The number of carbonyl (C=O) groups is 3. The van der Waals surface area contributed by atoms with E-state index < -0.39 is 6.04 Å². The molecule has 0 aliphatic carbocycles. The monoisotopic (exact) mass is 452 g/mol. The number of nitrogens with zero attached hydrogens (tertiary/aromatic N) is 1. The quantitative estimate of drug-likeness (QED) is 0.556. The largest absolute Gasteiger partial charge is 0.493 e. The highest BCUT2D eigenvalue weighted by molar-refractivity contribution is 5.88. The van der Waals surface area contributed by atoms with Crippen LogP contribution < -0.4 is 14.8 Å². The third-order valence-corrected chi connectivity index (χ3v) is 5.64.